The van der Waals surface area contributed by atoms with Gasteiger partial charge in [0.2, 0.25) is 5.91 Å². The van der Waals surface area contributed by atoms with Crippen LogP contribution in [0.2, 0.25) is 0 Å². The Morgan fingerprint density at radius 2 is 1.68 bits per heavy atom. The number of aromatic nitrogens is 2. The van der Waals surface area contributed by atoms with Crippen LogP contribution in [0.3, 0.4) is 0 Å². The summed E-state index contributed by atoms with van der Waals surface area (Å²) in [6, 6.07) is 20.5. The fraction of sp³-hybridized carbons (Fsp3) is 0.120. The molecule has 1 heterocycles. The summed E-state index contributed by atoms with van der Waals surface area (Å²) in [4.78, 5) is 16.8. The van der Waals surface area contributed by atoms with Crippen LogP contribution < -0.4 is 9.62 Å². The molecule has 0 spiro atoms. The first kappa shape index (κ1) is 23.2. The highest BCUT2D eigenvalue weighted by Gasteiger charge is 2.27. The van der Waals surface area contributed by atoms with E-state index < -0.39 is 28.3 Å². The summed E-state index contributed by atoms with van der Waals surface area (Å²) in [5, 5.41) is 2.77. The molecular formula is C25H23FN4O3S. The van der Waals surface area contributed by atoms with Crippen molar-refractivity contribution in [3.8, 4) is 5.69 Å². The molecule has 1 amide bonds. The standard InChI is InChI=1S/C25H23FN4O3S/c1-19-27-15-16-29(19)22-11-7-20(8-12-22)17-28-25(31)18-30(23-5-3-2-4-6-23)34(32,33)24-13-9-21(26)10-14-24/h2-16H,17-18H2,1H3,(H,28,31). The number of rotatable bonds is 8. The summed E-state index contributed by atoms with van der Waals surface area (Å²) in [7, 11) is -4.09. The van der Waals surface area contributed by atoms with Gasteiger partial charge in [0.25, 0.3) is 10.0 Å². The van der Waals surface area contributed by atoms with Crippen molar-refractivity contribution in [2.24, 2.45) is 0 Å². The van der Waals surface area contributed by atoms with E-state index in [2.05, 4.69) is 10.3 Å². The highest BCUT2D eigenvalue weighted by molar-refractivity contribution is 7.92. The van der Waals surface area contributed by atoms with Crippen LogP contribution in [0.15, 0.2) is 96.2 Å². The molecule has 7 nitrogen and oxygen atoms in total. The second-order valence-electron chi connectivity index (χ2n) is 7.59. The average molecular weight is 479 g/mol. The van der Waals surface area contributed by atoms with E-state index in [0.717, 1.165) is 33.5 Å². The van der Waals surface area contributed by atoms with Gasteiger partial charge in [0.15, 0.2) is 0 Å². The van der Waals surface area contributed by atoms with Crippen molar-refractivity contribution in [1.29, 1.82) is 0 Å². The first-order chi connectivity index (χ1) is 16.3. The van der Waals surface area contributed by atoms with Gasteiger partial charge in [0.1, 0.15) is 18.2 Å². The van der Waals surface area contributed by atoms with E-state index in [1.807, 2.05) is 42.0 Å². The number of sulfonamides is 1. The van der Waals surface area contributed by atoms with Crippen molar-refractivity contribution in [1.82, 2.24) is 14.9 Å². The van der Waals surface area contributed by atoms with Gasteiger partial charge in [-0.25, -0.2) is 17.8 Å². The lowest BCUT2D eigenvalue weighted by Crippen LogP contribution is -2.40. The monoisotopic (exact) mass is 478 g/mol. The molecule has 0 aliphatic carbocycles. The number of carbonyl (C=O) groups is 1. The Kier molecular flexibility index (Phi) is 6.74. The molecule has 1 N–H and O–H groups in total. The lowest BCUT2D eigenvalue weighted by atomic mass is 10.2. The lowest BCUT2D eigenvalue weighted by molar-refractivity contribution is -0.119. The maximum absolute atomic E-state index is 13.3. The van der Waals surface area contributed by atoms with Crippen molar-refractivity contribution >= 4 is 21.6 Å². The smallest absolute Gasteiger partial charge is 0.264 e. The van der Waals surface area contributed by atoms with Crippen LogP contribution in [0.25, 0.3) is 5.69 Å². The quantitative estimate of drug-likeness (QED) is 0.417. The predicted octanol–water partition coefficient (Wildman–Crippen LogP) is 3.83. The zero-order chi connectivity index (χ0) is 24.1. The van der Waals surface area contributed by atoms with Crippen LogP contribution in [0.5, 0.6) is 0 Å². The third-order valence-corrected chi connectivity index (χ3v) is 7.05. The predicted molar refractivity (Wildman–Crippen MR) is 128 cm³/mol. The summed E-state index contributed by atoms with van der Waals surface area (Å²) in [5.74, 6) is -0.148. The Hall–Kier alpha value is -3.98. The number of amides is 1. The molecule has 3 aromatic carbocycles. The third-order valence-electron chi connectivity index (χ3n) is 5.26. The number of hydrogen-bond donors (Lipinski definition) is 1. The highest BCUT2D eigenvalue weighted by atomic mass is 32.2. The Bertz CT molecular complexity index is 1370. The van der Waals surface area contributed by atoms with Crippen molar-refractivity contribution < 1.29 is 17.6 Å². The number of hydrogen-bond acceptors (Lipinski definition) is 4. The van der Waals surface area contributed by atoms with Crippen LogP contribution in [-0.2, 0) is 21.4 Å². The summed E-state index contributed by atoms with van der Waals surface area (Å²) in [5.41, 5.74) is 2.15. The van der Waals surface area contributed by atoms with Gasteiger partial charge in [0, 0.05) is 24.6 Å². The van der Waals surface area contributed by atoms with Crippen LogP contribution >= 0.6 is 0 Å². The molecule has 4 rings (SSSR count). The largest absolute Gasteiger partial charge is 0.350 e. The Labute approximate surface area is 197 Å². The number of nitrogens with one attached hydrogen (secondary N) is 1. The van der Waals surface area contributed by atoms with E-state index in [1.54, 1.807) is 36.5 Å². The van der Waals surface area contributed by atoms with Gasteiger partial charge in [-0.15, -0.1) is 0 Å². The molecule has 0 saturated heterocycles. The number of carbonyl (C=O) groups excluding carboxylic acids is 1. The lowest BCUT2D eigenvalue weighted by Gasteiger charge is -2.24. The molecule has 0 aliphatic rings. The van der Waals surface area contributed by atoms with Crippen LogP contribution in [0, 0.1) is 12.7 Å². The number of anilines is 1. The number of imidazole rings is 1. The Balaban J connectivity index is 1.48. The number of para-hydroxylation sites is 1. The maximum atomic E-state index is 13.3. The SMILES string of the molecule is Cc1nccn1-c1ccc(CNC(=O)CN(c2ccccc2)S(=O)(=O)c2ccc(F)cc2)cc1. The maximum Gasteiger partial charge on any atom is 0.264 e. The number of benzene rings is 3. The van der Waals surface area contributed by atoms with E-state index in [9.17, 15) is 17.6 Å². The van der Waals surface area contributed by atoms with Crippen molar-refractivity contribution in [2.45, 2.75) is 18.4 Å². The first-order valence-electron chi connectivity index (χ1n) is 10.5. The second kappa shape index (κ2) is 9.88. The molecule has 0 saturated carbocycles. The molecule has 4 aromatic rings. The summed E-state index contributed by atoms with van der Waals surface area (Å²) in [6.07, 6.45) is 3.59. The van der Waals surface area contributed by atoms with E-state index in [1.165, 1.54) is 12.1 Å². The molecule has 0 atom stereocenters. The van der Waals surface area contributed by atoms with Crippen molar-refractivity contribution in [3.05, 3.63) is 108 Å². The average Bonchev–Trinajstić information content (AvgIpc) is 3.28. The summed E-state index contributed by atoms with van der Waals surface area (Å²) >= 11 is 0. The summed E-state index contributed by atoms with van der Waals surface area (Å²) in [6.45, 7) is 1.73. The van der Waals surface area contributed by atoms with Gasteiger partial charge >= 0.3 is 0 Å². The van der Waals surface area contributed by atoms with Gasteiger partial charge < -0.3 is 9.88 Å². The molecule has 0 bridgehead atoms. The van der Waals surface area contributed by atoms with Crippen LogP contribution in [0.1, 0.15) is 11.4 Å². The molecule has 0 unspecified atom stereocenters. The summed E-state index contributed by atoms with van der Waals surface area (Å²) < 4.78 is 42.8. The van der Waals surface area contributed by atoms with Gasteiger partial charge in [-0.3, -0.25) is 9.10 Å². The van der Waals surface area contributed by atoms with E-state index in [4.69, 9.17) is 0 Å². The highest BCUT2D eigenvalue weighted by Crippen LogP contribution is 2.23. The number of nitrogens with zero attached hydrogens (tertiary/aromatic N) is 3. The van der Waals surface area contributed by atoms with Crippen LogP contribution in [-0.4, -0.2) is 30.4 Å². The number of halogens is 1. The normalized spacial score (nSPS) is 11.2. The minimum Gasteiger partial charge on any atom is -0.350 e. The van der Waals surface area contributed by atoms with Gasteiger partial charge in [0.05, 0.1) is 10.6 Å². The first-order valence-corrected chi connectivity index (χ1v) is 12.0. The minimum atomic E-state index is -4.09. The van der Waals surface area contributed by atoms with Crippen molar-refractivity contribution in [2.75, 3.05) is 10.8 Å². The zero-order valence-electron chi connectivity index (χ0n) is 18.4. The van der Waals surface area contributed by atoms with Crippen LogP contribution in [0.4, 0.5) is 10.1 Å². The Morgan fingerprint density at radius 3 is 2.29 bits per heavy atom. The van der Waals surface area contributed by atoms with E-state index in [-0.39, 0.29) is 11.4 Å². The third kappa shape index (κ3) is 5.15. The fourth-order valence-corrected chi connectivity index (χ4v) is 4.88. The molecule has 1 aromatic heterocycles. The molecule has 9 heteroatoms. The molecule has 0 fully saturated rings. The molecule has 0 radical (unpaired) electrons. The Morgan fingerprint density at radius 1 is 1.00 bits per heavy atom. The van der Waals surface area contributed by atoms with Gasteiger partial charge in [-0.2, -0.15) is 0 Å². The molecular weight excluding hydrogens is 455 g/mol. The molecule has 34 heavy (non-hydrogen) atoms. The van der Waals surface area contributed by atoms with Gasteiger partial charge in [-0.05, 0) is 61.0 Å². The number of aryl methyl sites for hydroxylation is 1. The van der Waals surface area contributed by atoms with Gasteiger partial charge in [-0.1, -0.05) is 30.3 Å². The van der Waals surface area contributed by atoms with E-state index in [0.29, 0.717) is 5.69 Å². The fourth-order valence-electron chi connectivity index (χ4n) is 3.46. The molecule has 0 aliphatic heterocycles. The zero-order valence-corrected chi connectivity index (χ0v) is 19.2. The van der Waals surface area contributed by atoms with Crippen molar-refractivity contribution in [3.63, 3.8) is 0 Å². The molecule has 174 valence electrons. The minimum absolute atomic E-state index is 0.101. The second-order valence-corrected chi connectivity index (χ2v) is 9.45. The topological polar surface area (TPSA) is 84.3 Å². The van der Waals surface area contributed by atoms with E-state index >= 15 is 0 Å².